The molecule has 0 aliphatic heterocycles. The van der Waals surface area contributed by atoms with Crippen molar-refractivity contribution in [2.75, 3.05) is 5.32 Å². The van der Waals surface area contributed by atoms with Crippen LogP contribution in [-0.2, 0) is 7.05 Å². The molecule has 0 unspecified atom stereocenters. The van der Waals surface area contributed by atoms with Crippen molar-refractivity contribution in [3.05, 3.63) is 29.5 Å². The van der Waals surface area contributed by atoms with E-state index >= 15 is 0 Å². The molecular formula is C9H8BrN7. The number of aryl methyl sites for hydroxylation is 1. The lowest BCUT2D eigenvalue weighted by atomic mass is 10.5. The Bertz CT molecular complexity index is 671. The summed E-state index contributed by atoms with van der Waals surface area (Å²) in [4.78, 5) is 8.46. The van der Waals surface area contributed by atoms with Gasteiger partial charge in [0.05, 0.1) is 18.1 Å². The summed E-state index contributed by atoms with van der Waals surface area (Å²) in [7, 11) is 1.85. The molecule has 0 fully saturated rings. The molecule has 1 N–H and O–H groups in total. The summed E-state index contributed by atoms with van der Waals surface area (Å²) < 4.78 is 4.04. The maximum absolute atomic E-state index is 4.32. The lowest BCUT2D eigenvalue weighted by Gasteiger charge is -2.04. The van der Waals surface area contributed by atoms with Crippen molar-refractivity contribution in [3.63, 3.8) is 0 Å². The zero-order valence-electron chi connectivity index (χ0n) is 8.87. The van der Waals surface area contributed by atoms with Crippen molar-refractivity contribution >= 4 is 33.1 Å². The maximum Gasteiger partial charge on any atom is 0.198 e. The molecule has 86 valence electrons. The van der Waals surface area contributed by atoms with Crippen LogP contribution in [0.4, 0.5) is 11.5 Å². The van der Waals surface area contributed by atoms with E-state index < -0.39 is 0 Å². The molecule has 8 heteroatoms. The second kappa shape index (κ2) is 3.81. The van der Waals surface area contributed by atoms with E-state index in [1.165, 1.54) is 6.33 Å². The molecule has 0 spiro atoms. The summed E-state index contributed by atoms with van der Waals surface area (Å²) in [5.41, 5.74) is 1.51. The van der Waals surface area contributed by atoms with Crippen molar-refractivity contribution in [3.8, 4) is 0 Å². The highest BCUT2D eigenvalue weighted by molar-refractivity contribution is 9.10. The lowest BCUT2D eigenvalue weighted by molar-refractivity contribution is 0.768. The molecule has 3 aromatic heterocycles. The Labute approximate surface area is 105 Å². The van der Waals surface area contributed by atoms with E-state index in [0.717, 1.165) is 5.69 Å². The molecule has 7 nitrogen and oxygen atoms in total. The van der Waals surface area contributed by atoms with E-state index in [-0.39, 0.29) is 0 Å². The first-order valence-corrected chi connectivity index (χ1v) is 5.63. The summed E-state index contributed by atoms with van der Waals surface area (Å²) >= 11 is 3.33. The van der Waals surface area contributed by atoms with E-state index in [1.807, 2.05) is 13.2 Å². The van der Waals surface area contributed by atoms with E-state index in [9.17, 15) is 0 Å². The van der Waals surface area contributed by atoms with Gasteiger partial charge < -0.3 is 5.32 Å². The average Bonchev–Trinajstić information content (AvgIpc) is 2.87. The molecule has 0 aromatic carbocycles. The summed E-state index contributed by atoms with van der Waals surface area (Å²) in [5, 5.41) is 11.3. The number of halogens is 1. The normalized spacial score (nSPS) is 10.9. The average molecular weight is 294 g/mol. The quantitative estimate of drug-likeness (QED) is 0.772. The number of fused-ring (bicyclic) bond motifs is 1. The Balaban J connectivity index is 2.07. The van der Waals surface area contributed by atoms with Gasteiger partial charge in [-0.1, -0.05) is 0 Å². The third-order valence-corrected chi connectivity index (χ3v) is 2.58. The summed E-state index contributed by atoms with van der Waals surface area (Å²) in [6.45, 7) is 0. The fourth-order valence-corrected chi connectivity index (χ4v) is 1.88. The van der Waals surface area contributed by atoms with Gasteiger partial charge >= 0.3 is 0 Å². The van der Waals surface area contributed by atoms with Crippen molar-refractivity contribution in [1.82, 2.24) is 29.4 Å². The standard InChI is InChI=1S/C9H8BrN7/c1-16-3-6(2-12-16)14-8-9-11-5-13-17(9)4-7(10)15-8/h2-5H,1H3,(H,14,15). The first kappa shape index (κ1) is 10.2. The molecular weight excluding hydrogens is 286 g/mol. The molecule has 3 rings (SSSR count). The Morgan fingerprint density at radius 1 is 1.29 bits per heavy atom. The van der Waals surface area contributed by atoms with Gasteiger partial charge in [0.15, 0.2) is 11.5 Å². The van der Waals surface area contributed by atoms with Crippen LogP contribution in [0.15, 0.2) is 29.5 Å². The van der Waals surface area contributed by atoms with Gasteiger partial charge in [0, 0.05) is 13.2 Å². The SMILES string of the molecule is Cn1cc(Nc2nc(Br)cn3ncnc23)cn1. The van der Waals surface area contributed by atoms with Crippen LogP contribution < -0.4 is 5.32 Å². The van der Waals surface area contributed by atoms with Gasteiger partial charge in [0.1, 0.15) is 10.9 Å². The van der Waals surface area contributed by atoms with Crippen LogP contribution >= 0.6 is 15.9 Å². The lowest BCUT2D eigenvalue weighted by Crippen LogP contribution is -1.99. The Morgan fingerprint density at radius 3 is 2.94 bits per heavy atom. The molecule has 0 saturated carbocycles. The topological polar surface area (TPSA) is 72.9 Å². The van der Waals surface area contributed by atoms with Crippen LogP contribution in [0.3, 0.4) is 0 Å². The van der Waals surface area contributed by atoms with Crippen molar-refractivity contribution in [1.29, 1.82) is 0 Å². The van der Waals surface area contributed by atoms with Crippen LogP contribution in [0, 0.1) is 0 Å². The van der Waals surface area contributed by atoms with Gasteiger partial charge in [0.25, 0.3) is 0 Å². The van der Waals surface area contributed by atoms with E-state index in [1.54, 1.807) is 21.6 Å². The number of nitrogens with zero attached hydrogens (tertiary/aromatic N) is 6. The molecule has 0 amide bonds. The summed E-state index contributed by atoms with van der Waals surface area (Å²) in [6, 6.07) is 0. The molecule has 0 aliphatic carbocycles. The van der Waals surface area contributed by atoms with Crippen LogP contribution in [0.5, 0.6) is 0 Å². The second-order valence-corrected chi connectivity index (χ2v) is 4.28. The molecule has 0 radical (unpaired) electrons. The number of nitrogens with one attached hydrogen (secondary N) is 1. The Hall–Kier alpha value is -1.96. The van der Waals surface area contributed by atoms with Gasteiger partial charge in [-0.3, -0.25) is 4.68 Å². The third-order valence-electron chi connectivity index (χ3n) is 2.20. The molecule has 17 heavy (non-hydrogen) atoms. The molecule has 3 aromatic rings. The summed E-state index contributed by atoms with van der Waals surface area (Å²) in [6.07, 6.45) is 6.81. The number of hydrogen-bond donors (Lipinski definition) is 1. The zero-order valence-corrected chi connectivity index (χ0v) is 10.5. The van der Waals surface area contributed by atoms with Crippen molar-refractivity contribution in [2.24, 2.45) is 7.05 Å². The second-order valence-electron chi connectivity index (χ2n) is 3.47. The van der Waals surface area contributed by atoms with Crippen LogP contribution in [0.25, 0.3) is 5.65 Å². The van der Waals surface area contributed by atoms with E-state index in [4.69, 9.17) is 0 Å². The molecule has 0 saturated heterocycles. The monoisotopic (exact) mass is 293 g/mol. The number of rotatable bonds is 2. The number of hydrogen-bond acceptors (Lipinski definition) is 5. The first-order chi connectivity index (χ1) is 8.22. The maximum atomic E-state index is 4.32. The van der Waals surface area contributed by atoms with Crippen LogP contribution in [0.1, 0.15) is 0 Å². The van der Waals surface area contributed by atoms with E-state index in [2.05, 4.69) is 41.4 Å². The predicted molar refractivity (Wildman–Crippen MR) is 65.0 cm³/mol. The predicted octanol–water partition coefficient (Wildman–Crippen LogP) is 1.36. The number of anilines is 2. The fraction of sp³-hybridized carbons (Fsp3) is 0.111. The minimum atomic E-state index is 0.630. The zero-order chi connectivity index (χ0) is 11.8. The van der Waals surface area contributed by atoms with Gasteiger partial charge in [-0.15, -0.1) is 0 Å². The smallest absolute Gasteiger partial charge is 0.198 e. The minimum absolute atomic E-state index is 0.630. The van der Waals surface area contributed by atoms with Gasteiger partial charge in [-0.25, -0.2) is 14.5 Å². The molecule has 0 bridgehead atoms. The molecule has 0 aliphatic rings. The van der Waals surface area contributed by atoms with Crippen molar-refractivity contribution < 1.29 is 0 Å². The van der Waals surface area contributed by atoms with Gasteiger partial charge in [0.2, 0.25) is 0 Å². The van der Waals surface area contributed by atoms with Crippen LogP contribution in [-0.4, -0.2) is 29.4 Å². The van der Waals surface area contributed by atoms with Gasteiger partial charge in [-0.2, -0.15) is 10.2 Å². The third kappa shape index (κ3) is 1.86. The first-order valence-electron chi connectivity index (χ1n) is 4.84. The molecule has 0 atom stereocenters. The van der Waals surface area contributed by atoms with Crippen molar-refractivity contribution in [2.45, 2.75) is 0 Å². The highest BCUT2D eigenvalue weighted by Gasteiger charge is 2.08. The van der Waals surface area contributed by atoms with Crippen LogP contribution in [0.2, 0.25) is 0 Å². The summed E-state index contributed by atoms with van der Waals surface area (Å²) in [5.74, 6) is 0.630. The Morgan fingerprint density at radius 2 is 2.18 bits per heavy atom. The van der Waals surface area contributed by atoms with Gasteiger partial charge in [-0.05, 0) is 15.9 Å². The Kier molecular flexibility index (Phi) is 2.29. The highest BCUT2D eigenvalue weighted by Crippen LogP contribution is 2.19. The molecule has 3 heterocycles. The van der Waals surface area contributed by atoms with E-state index in [0.29, 0.717) is 16.1 Å². The highest BCUT2D eigenvalue weighted by atomic mass is 79.9. The number of aromatic nitrogens is 6. The fourth-order valence-electron chi connectivity index (χ4n) is 1.51. The minimum Gasteiger partial charge on any atom is -0.334 e. The largest absolute Gasteiger partial charge is 0.334 e.